The molecule has 1 aromatic carbocycles. The standard InChI is InChI=1S/C20H23FN4O/c1-12-5-6-16(10-18(12)21)11-22-20(26)8-7-17-14(3)23-19-9-13(2)24-25(19)15(17)4/h5-6,9-10H,7-8,11H2,1-4H3,(H,22,26). The van der Waals surface area contributed by atoms with Crippen LogP contribution in [0.1, 0.15) is 40.2 Å². The van der Waals surface area contributed by atoms with Gasteiger partial charge in [-0.25, -0.2) is 13.9 Å². The van der Waals surface area contributed by atoms with Crippen LogP contribution < -0.4 is 5.32 Å². The Hall–Kier alpha value is -2.76. The number of hydrogen-bond acceptors (Lipinski definition) is 3. The number of fused-ring (bicyclic) bond motifs is 1. The van der Waals surface area contributed by atoms with Gasteiger partial charge in [0.1, 0.15) is 5.82 Å². The molecule has 0 bridgehead atoms. The number of nitrogens with one attached hydrogen (secondary N) is 1. The summed E-state index contributed by atoms with van der Waals surface area (Å²) in [5, 5.41) is 7.30. The lowest BCUT2D eigenvalue weighted by atomic mass is 10.1. The van der Waals surface area contributed by atoms with Gasteiger partial charge in [-0.05, 0) is 56.9 Å². The van der Waals surface area contributed by atoms with E-state index in [2.05, 4.69) is 15.4 Å². The van der Waals surface area contributed by atoms with E-state index in [1.807, 2.05) is 37.4 Å². The maximum atomic E-state index is 13.6. The molecule has 3 aromatic rings. The fourth-order valence-corrected chi connectivity index (χ4v) is 3.08. The molecule has 0 fully saturated rings. The van der Waals surface area contributed by atoms with Crippen molar-refractivity contribution in [2.45, 2.75) is 47.1 Å². The first-order valence-corrected chi connectivity index (χ1v) is 8.69. The lowest BCUT2D eigenvalue weighted by Crippen LogP contribution is -2.23. The van der Waals surface area contributed by atoms with Crippen LogP contribution in [0.25, 0.3) is 5.65 Å². The largest absolute Gasteiger partial charge is 0.352 e. The van der Waals surface area contributed by atoms with Crippen molar-refractivity contribution in [2.75, 3.05) is 0 Å². The summed E-state index contributed by atoms with van der Waals surface area (Å²) < 4.78 is 15.4. The molecule has 2 heterocycles. The second-order valence-electron chi connectivity index (χ2n) is 6.68. The second-order valence-corrected chi connectivity index (χ2v) is 6.68. The molecule has 26 heavy (non-hydrogen) atoms. The zero-order valence-electron chi connectivity index (χ0n) is 15.6. The Kier molecular flexibility index (Phi) is 5.02. The van der Waals surface area contributed by atoms with Crippen LogP contribution in [-0.4, -0.2) is 20.5 Å². The first kappa shape index (κ1) is 18.0. The molecule has 0 radical (unpaired) electrons. The van der Waals surface area contributed by atoms with E-state index in [1.54, 1.807) is 13.0 Å². The van der Waals surface area contributed by atoms with Crippen molar-refractivity contribution in [3.05, 3.63) is 63.9 Å². The Bertz CT molecular complexity index is 978. The minimum atomic E-state index is -0.253. The molecule has 1 amide bonds. The second kappa shape index (κ2) is 7.23. The summed E-state index contributed by atoms with van der Waals surface area (Å²) in [4.78, 5) is 16.8. The van der Waals surface area contributed by atoms with Crippen LogP contribution in [0.2, 0.25) is 0 Å². The zero-order chi connectivity index (χ0) is 18.8. The molecule has 0 aliphatic heterocycles. The molecule has 0 saturated carbocycles. The summed E-state index contributed by atoms with van der Waals surface area (Å²) in [7, 11) is 0. The van der Waals surface area contributed by atoms with E-state index in [-0.39, 0.29) is 11.7 Å². The molecule has 0 saturated heterocycles. The number of hydrogen-bond donors (Lipinski definition) is 1. The normalized spacial score (nSPS) is 11.1. The lowest BCUT2D eigenvalue weighted by Gasteiger charge is -2.11. The number of aromatic nitrogens is 3. The van der Waals surface area contributed by atoms with Gasteiger partial charge in [0, 0.05) is 30.4 Å². The molecule has 136 valence electrons. The molecular formula is C20H23FN4O. The molecule has 0 atom stereocenters. The number of carbonyl (C=O) groups is 1. The fraction of sp³-hybridized carbons (Fsp3) is 0.350. The highest BCUT2D eigenvalue weighted by atomic mass is 19.1. The van der Waals surface area contributed by atoms with Gasteiger partial charge in [-0.1, -0.05) is 12.1 Å². The highest BCUT2D eigenvalue weighted by Crippen LogP contribution is 2.17. The topological polar surface area (TPSA) is 59.3 Å². The fourth-order valence-electron chi connectivity index (χ4n) is 3.08. The van der Waals surface area contributed by atoms with Gasteiger partial charge < -0.3 is 5.32 Å². The predicted molar refractivity (Wildman–Crippen MR) is 98.5 cm³/mol. The third-order valence-corrected chi connectivity index (χ3v) is 4.61. The number of rotatable bonds is 5. The molecule has 0 aliphatic carbocycles. The number of amides is 1. The van der Waals surface area contributed by atoms with Crippen LogP contribution in [0.15, 0.2) is 24.3 Å². The Labute approximate surface area is 152 Å². The Morgan fingerprint density at radius 3 is 2.69 bits per heavy atom. The number of nitrogens with zero attached hydrogens (tertiary/aromatic N) is 3. The first-order chi connectivity index (χ1) is 12.3. The third kappa shape index (κ3) is 3.74. The van der Waals surface area contributed by atoms with Crippen molar-refractivity contribution < 1.29 is 9.18 Å². The average Bonchev–Trinajstić information content (AvgIpc) is 2.96. The van der Waals surface area contributed by atoms with Crippen LogP contribution in [0.5, 0.6) is 0 Å². The summed E-state index contributed by atoms with van der Waals surface area (Å²) in [5.74, 6) is -0.321. The van der Waals surface area contributed by atoms with E-state index in [9.17, 15) is 9.18 Å². The van der Waals surface area contributed by atoms with Gasteiger partial charge in [0.2, 0.25) is 5.91 Å². The monoisotopic (exact) mass is 354 g/mol. The van der Waals surface area contributed by atoms with Gasteiger partial charge in [-0.3, -0.25) is 4.79 Å². The van der Waals surface area contributed by atoms with Crippen molar-refractivity contribution >= 4 is 11.6 Å². The number of carbonyl (C=O) groups excluding carboxylic acids is 1. The van der Waals surface area contributed by atoms with Crippen molar-refractivity contribution in [1.29, 1.82) is 0 Å². The van der Waals surface area contributed by atoms with E-state index in [0.29, 0.717) is 24.9 Å². The Balaban J connectivity index is 1.64. The first-order valence-electron chi connectivity index (χ1n) is 8.69. The van der Waals surface area contributed by atoms with Gasteiger partial charge in [-0.15, -0.1) is 0 Å². The molecular weight excluding hydrogens is 331 g/mol. The smallest absolute Gasteiger partial charge is 0.220 e. The van der Waals surface area contributed by atoms with E-state index in [4.69, 9.17) is 0 Å². The van der Waals surface area contributed by atoms with E-state index >= 15 is 0 Å². The number of aryl methyl sites for hydroxylation is 4. The minimum Gasteiger partial charge on any atom is -0.352 e. The third-order valence-electron chi connectivity index (χ3n) is 4.61. The highest BCUT2D eigenvalue weighted by Gasteiger charge is 2.13. The average molecular weight is 354 g/mol. The minimum absolute atomic E-state index is 0.0680. The summed E-state index contributed by atoms with van der Waals surface area (Å²) in [6.45, 7) is 7.93. The molecule has 6 heteroatoms. The maximum Gasteiger partial charge on any atom is 0.220 e. The van der Waals surface area contributed by atoms with Crippen LogP contribution in [0.4, 0.5) is 4.39 Å². The van der Waals surface area contributed by atoms with E-state index in [1.165, 1.54) is 6.07 Å². The summed E-state index contributed by atoms with van der Waals surface area (Å²) in [6, 6.07) is 6.94. The van der Waals surface area contributed by atoms with E-state index < -0.39 is 0 Å². The van der Waals surface area contributed by atoms with Gasteiger partial charge in [0.25, 0.3) is 0 Å². The van der Waals surface area contributed by atoms with Crippen LogP contribution in [0.3, 0.4) is 0 Å². The number of benzene rings is 1. The van der Waals surface area contributed by atoms with Gasteiger partial charge >= 0.3 is 0 Å². The van der Waals surface area contributed by atoms with Gasteiger partial charge in [-0.2, -0.15) is 5.10 Å². The maximum absolute atomic E-state index is 13.6. The number of halogens is 1. The van der Waals surface area contributed by atoms with Crippen LogP contribution in [0, 0.1) is 33.5 Å². The van der Waals surface area contributed by atoms with Gasteiger partial charge in [0.05, 0.1) is 5.69 Å². The lowest BCUT2D eigenvalue weighted by molar-refractivity contribution is -0.121. The molecule has 5 nitrogen and oxygen atoms in total. The van der Waals surface area contributed by atoms with Crippen molar-refractivity contribution in [2.24, 2.45) is 0 Å². The van der Waals surface area contributed by atoms with Crippen molar-refractivity contribution in [1.82, 2.24) is 19.9 Å². The molecule has 3 rings (SSSR count). The highest BCUT2D eigenvalue weighted by molar-refractivity contribution is 5.76. The summed E-state index contributed by atoms with van der Waals surface area (Å²) in [5.41, 5.74) is 6.06. The van der Waals surface area contributed by atoms with E-state index in [0.717, 1.165) is 33.9 Å². The zero-order valence-corrected chi connectivity index (χ0v) is 15.6. The Morgan fingerprint density at radius 2 is 1.96 bits per heavy atom. The summed E-state index contributed by atoms with van der Waals surface area (Å²) in [6.07, 6.45) is 0.942. The van der Waals surface area contributed by atoms with Crippen LogP contribution >= 0.6 is 0 Å². The Morgan fingerprint density at radius 1 is 1.19 bits per heavy atom. The van der Waals surface area contributed by atoms with Gasteiger partial charge in [0.15, 0.2) is 5.65 Å². The predicted octanol–water partition coefficient (Wildman–Crippen LogP) is 3.35. The quantitative estimate of drug-likeness (QED) is 0.764. The van der Waals surface area contributed by atoms with Crippen molar-refractivity contribution in [3.63, 3.8) is 0 Å². The molecule has 0 spiro atoms. The van der Waals surface area contributed by atoms with Crippen LogP contribution in [-0.2, 0) is 17.8 Å². The summed E-state index contributed by atoms with van der Waals surface area (Å²) >= 11 is 0. The molecule has 0 aliphatic rings. The SMILES string of the molecule is Cc1cc2nc(C)c(CCC(=O)NCc3ccc(C)c(F)c3)c(C)n2n1. The molecule has 1 N–H and O–H groups in total. The molecule has 2 aromatic heterocycles. The molecule has 0 unspecified atom stereocenters. The van der Waals surface area contributed by atoms with Crippen molar-refractivity contribution in [3.8, 4) is 0 Å².